The van der Waals surface area contributed by atoms with Crippen LogP contribution in [0, 0.1) is 0 Å². The van der Waals surface area contributed by atoms with Gasteiger partial charge in [0, 0.05) is 32.4 Å². The highest BCUT2D eigenvalue weighted by Gasteiger charge is 2.06. The van der Waals surface area contributed by atoms with Crippen LogP contribution in [0.2, 0.25) is 0 Å². The molecule has 0 radical (unpaired) electrons. The number of rotatable bonds is 12. The van der Waals surface area contributed by atoms with Gasteiger partial charge in [-0.05, 0) is 40.0 Å². The molecule has 21 heavy (non-hydrogen) atoms. The Bertz CT molecular complexity index is 363. The maximum absolute atomic E-state index is 4.21. The fraction of sp³-hybridized carbons (Fsp3) is 0.867. The lowest BCUT2D eigenvalue weighted by molar-refractivity contribution is 0.230. The first-order chi connectivity index (χ1) is 10.2. The largest absolute Gasteiger partial charge is 0.311 e. The van der Waals surface area contributed by atoms with Crippen molar-refractivity contribution < 1.29 is 0 Å². The molecule has 122 valence electrons. The van der Waals surface area contributed by atoms with E-state index in [0.717, 1.165) is 57.9 Å². The van der Waals surface area contributed by atoms with Gasteiger partial charge >= 0.3 is 0 Å². The van der Waals surface area contributed by atoms with Crippen LogP contribution in [-0.2, 0) is 13.1 Å². The summed E-state index contributed by atoms with van der Waals surface area (Å²) >= 11 is 0. The molecule has 0 atom stereocenters. The van der Waals surface area contributed by atoms with Crippen LogP contribution < -0.4 is 5.32 Å². The van der Waals surface area contributed by atoms with Gasteiger partial charge in [0.2, 0.25) is 0 Å². The summed E-state index contributed by atoms with van der Waals surface area (Å²) in [7, 11) is 4.24. The minimum Gasteiger partial charge on any atom is -0.311 e. The summed E-state index contributed by atoms with van der Waals surface area (Å²) < 4.78 is 1.96. The summed E-state index contributed by atoms with van der Waals surface area (Å²) in [5.41, 5.74) is 1.03. The van der Waals surface area contributed by atoms with Gasteiger partial charge in [-0.15, -0.1) is 5.10 Å². The molecule has 0 saturated carbocycles. The lowest BCUT2D eigenvalue weighted by Gasteiger charge is -2.23. The van der Waals surface area contributed by atoms with Crippen molar-refractivity contribution >= 4 is 0 Å². The first-order valence-electron chi connectivity index (χ1n) is 8.12. The van der Waals surface area contributed by atoms with Crippen molar-refractivity contribution in [2.75, 3.05) is 46.8 Å². The molecule has 0 aromatic carbocycles. The second kappa shape index (κ2) is 10.7. The highest BCUT2D eigenvalue weighted by atomic mass is 15.4. The van der Waals surface area contributed by atoms with E-state index in [1.54, 1.807) is 0 Å². The van der Waals surface area contributed by atoms with E-state index in [9.17, 15) is 0 Å². The fourth-order valence-electron chi connectivity index (χ4n) is 2.16. The summed E-state index contributed by atoms with van der Waals surface area (Å²) in [5, 5.41) is 11.8. The number of aromatic nitrogens is 3. The molecule has 0 aliphatic rings. The van der Waals surface area contributed by atoms with Crippen molar-refractivity contribution in [2.24, 2.45) is 0 Å². The quantitative estimate of drug-likeness (QED) is 0.584. The molecule has 0 saturated heterocycles. The number of nitrogens with zero attached hydrogens (tertiary/aromatic N) is 5. The average molecular weight is 296 g/mol. The Balaban J connectivity index is 2.33. The van der Waals surface area contributed by atoms with Crippen LogP contribution in [-0.4, -0.2) is 71.6 Å². The monoisotopic (exact) mass is 296 g/mol. The van der Waals surface area contributed by atoms with Gasteiger partial charge in [-0.25, -0.2) is 0 Å². The molecule has 1 heterocycles. The third-order valence-electron chi connectivity index (χ3n) is 3.37. The zero-order valence-corrected chi connectivity index (χ0v) is 14.2. The third-order valence-corrected chi connectivity index (χ3v) is 3.37. The van der Waals surface area contributed by atoms with E-state index in [0.29, 0.717) is 0 Å². The van der Waals surface area contributed by atoms with Crippen LogP contribution in [0.4, 0.5) is 0 Å². The van der Waals surface area contributed by atoms with Gasteiger partial charge in [0.05, 0.1) is 12.2 Å². The maximum atomic E-state index is 4.21. The smallest absolute Gasteiger partial charge is 0.0964 e. The van der Waals surface area contributed by atoms with E-state index in [-0.39, 0.29) is 0 Å². The van der Waals surface area contributed by atoms with E-state index >= 15 is 0 Å². The molecule has 0 aliphatic carbocycles. The first-order valence-corrected chi connectivity index (χ1v) is 8.12. The third kappa shape index (κ3) is 8.14. The van der Waals surface area contributed by atoms with E-state index < -0.39 is 0 Å². The van der Waals surface area contributed by atoms with E-state index in [1.165, 1.54) is 6.42 Å². The number of nitrogens with one attached hydrogen (secondary N) is 1. The highest BCUT2D eigenvalue weighted by Crippen LogP contribution is 1.97. The molecule has 1 N–H and O–H groups in total. The van der Waals surface area contributed by atoms with Crippen molar-refractivity contribution in [3.05, 3.63) is 11.9 Å². The molecule has 1 aromatic heterocycles. The minimum atomic E-state index is 0.813. The predicted octanol–water partition coefficient (Wildman–Crippen LogP) is 1.05. The number of hydrogen-bond acceptors (Lipinski definition) is 5. The van der Waals surface area contributed by atoms with Crippen LogP contribution in [0.1, 0.15) is 32.4 Å². The van der Waals surface area contributed by atoms with Gasteiger partial charge in [-0.3, -0.25) is 4.68 Å². The zero-order valence-electron chi connectivity index (χ0n) is 14.2. The van der Waals surface area contributed by atoms with Gasteiger partial charge in [0.15, 0.2) is 0 Å². The highest BCUT2D eigenvalue weighted by molar-refractivity contribution is 4.91. The van der Waals surface area contributed by atoms with Crippen LogP contribution in [0.5, 0.6) is 0 Å². The fourth-order valence-corrected chi connectivity index (χ4v) is 2.16. The van der Waals surface area contributed by atoms with E-state index in [2.05, 4.69) is 59.6 Å². The van der Waals surface area contributed by atoms with Crippen LogP contribution >= 0.6 is 0 Å². The van der Waals surface area contributed by atoms with Crippen LogP contribution in [0.15, 0.2) is 6.20 Å². The standard InChI is InChI=1S/C15H32N6/c1-5-7-16-13-15-14-21(18-17-15)12-11-20(8-6-2)10-9-19(3)4/h14,16H,5-13H2,1-4H3. The van der Waals surface area contributed by atoms with Crippen molar-refractivity contribution in [3.63, 3.8) is 0 Å². The number of hydrogen-bond donors (Lipinski definition) is 1. The molecule has 6 nitrogen and oxygen atoms in total. The average Bonchev–Trinajstić information content (AvgIpc) is 2.90. The summed E-state index contributed by atoms with van der Waals surface area (Å²) in [6, 6.07) is 0. The topological polar surface area (TPSA) is 49.2 Å². The molecule has 1 aromatic rings. The normalized spacial score (nSPS) is 11.7. The lowest BCUT2D eigenvalue weighted by atomic mass is 10.3. The molecule has 0 fully saturated rings. The maximum Gasteiger partial charge on any atom is 0.0964 e. The van der Waals surface area contributed by atoms with Crippen LogP contribution in [0.25, 0.3) is 0 Å². The van der Waals surface area contributed by atoms with Crippen LogP contribution in [0.3, 0.4) is 0 Å². The summed E-state index contributed by atoms with van der Waals surface area (Å²) in [4.78, 5) is 4.73. The molecule has 0 bridgehead atoms. The van der Waals surface area contributed by atoms with Crippen molar-refractivity contribution in [3.8, 4) is 0 Å². The summed E-state index contributed by atoms with van der Waals surface area (Å²) in [6.07, 6.45) is 4.39. The molecular weight excluding hydrogens is 264 g/mol. The summed E-state index contributed by atoms with van der Waals surface area (Å²) in [5.74, 6) is 0. The Hall–Kier alpha value is -0.980. The first kappa shape index (κ1) is 18.1. The predicted molar refractivity (Wildman–Crippen MR) is 87.3 cm³/mol. The van der Waals surface area contributed by atoms with Gasteiger partial charge in [-0.2, -0.15) is 0 Å². The molecule has 6 heteroatoms. The van der Waals surface area contributed by atoms with Gasteiger partial charge in [0.1, 0.15) is 0 Å². The number of likely N-dealkylation sites (N-methyl/N-ethyl adjacent to an activating group) is 1. The lowest BCUT2D eigenvalue weighted by Crippen LogP contribution is -2.34. The zero-order chi connectivity index (χ0) is 15.5. The summed E-state index contributed by atoms with van der Waals surface area (Å²) in [6.45, 7) is 11.5. The Morgan fingerprint density at radius 3 is 2.57 bits per heavy atom. The Kier molecular flexibility index (Phi) is 9.21. The van der Waals surface area contributed by atoms with Gasteiger partial charge in [0.25, 0.3) is 0 Å². The second-order valence-electron chi connectivity index (χ2n) is 5.79. The Morgan fingerprint density at radius 2 is 1.90 bits per heavy atom. The van der Waals surface area contributed by atoms with Crippen molar-refractivity contribution in [1.29, 1.82) is 0 Å². The second-order valence-corrected chi connectivity index (χ2v) is 5.79. The van der Waals surface area contributed by atoms with E-state index in [1.807, 2.05) is 4.68 Å². The van der Waals surface area contributed by atoms with Crippen molar-refractivity contribution in [2.45, 2.75) is 39.8 Å². The SMILES string of the molecule is CCCNCc1cn(CCN(CCC)CCN(C)C)nn1. The molecule has 1 rings (SSSR count). The molecule has 0 aliphatic heterocycles. The Labute approximate surface area is 129 Å². The van der Waals surface area contributed by atoms with Gasteiger partial charge in [-0.1, -0.05) is 19.1 Å². The Morgan fingerprint density at radius 1 is 1.10 bits per heavy atom. The molecule has 0 spiro atoms. The minimum absolute atomic E-state index is 0.813. The van der Waals surface area contributed by atoms with Crippen molar-refractivity contribution in [1.82, 2.24) is 30.1 Å². The van der Waals surface area contributed by atoms with E-state index in [4.69, 9.17) is 0 Å². The molecular formula is C15H32N6. The molecule has 0 unspecified atom stereocenters. The van der Waals surface area contributed by atoms with Gasteiger partial charge < -0.3 is 15.1 Å². The molecule has 0 amide bonds.